The van der Waals surface area contributed by atoms with Crippen molar-refractivity contribution in [3.05, 3.63) is 35.6 Å². The van der Waals surface area contributed by atoms with Gasteiger partial charge in [-0.05, 0) is 18.6 Å². The van der Waals surface area contributed by atoms with E-state index in [4.69, 9.17) is 4.42 Å². The molecule has 3 heteroatoms. The third kappa shape index (κ3) is 2.28. The molecular weight excluding hydrogens is 224 g/mol. The van der Waals surface area contributed by atoms with Gasteiger partial charge in [0.2, 0.25) is 0 Å². The van der Waals surface area contributed by atoms with Gasteiger partial charge in [-0.15, -0.1) is 0 Å². The van der Waals surface area contributed by atoms with Gasteiger partial charge in [0.1, 0.15) is 11.3 Å². The summed E-state index contributed by atoms with van der Waals surface area (Å²) >= 11 is 0. The lowest BCUT2D eigenvalue weighted by molar-refractivity contribution is 0.239. The number of furan rings is 1. The molecule has 0 bridgehead atoms. The third-order valence-electron chi connectivity index (χ3n) is 3.81. The van der Waals surface area contributed by atoms with Crippen LogP contribution in [0.2, 0.25) is 0 Å². The Kier molecular flexibility index (Phi) is 3.35. The van der Waals surface area contributed by atoms with E-state index in [0.29, 0.717) is 0 Å². The fourth-order valence-electron chi connectivity index (χ4n) is 2.66. The maximum absolute atomic E-state index is 5.95. The van der Waals surface area contributed by atoms with Crippen LogP contribution in [0, 0.1) is 6.92 Å². The number of para-hydroxylation sites is 1. The van der Waals surface area contributed by atoms with Crippen molar-refractivity contribution < 1.29 is 4.42 Å². The molecule has 0 radical (unpaired) electrons. The van der Waals surface area contributed by atoms with Crippen molar-refractivity contribution in [3.8, 4) is 0 Å². The van der Waals surface area contributed by atoms with Gasteiger partial charge in [-0.25, -0.2) is 0 Å². The molecule has 1 N–H and O–H groups in total. The Morgan fingerprint density at radius 3 is 2.78 bits per heavy atom. The van der Waals surface area contributed by atoms with E-state index in [0.717, 1.165) is 50.5 Å². The fourth-order valence-corrected chi connectivity index (χ4v) is 2.66. The Labute approximate surface area is 108 Å². The lowest BCUT2D eigenvalue weighted by atomic mass is 10.1. The number of hydrogen-bond acceptors (Lipinski definition) is 3. The third-order valence-corrected chi connectivity index (χ3v) is 3.81. The molecule has 0 spiro atoms. The van der Waals surface area contributed by atoms with Crippen molar-refractivity contribution in [2.24, 2.45) is 0 Å². The minimum atomic E-state index is 1.01. The first-order chi connectivity index (χ1) is 8.84. The molecule has 0 unspecified atom stereocenters. The van der Waals surface area contributed by atoms with Gasteiger partial charge < -0.3 is 14.6 Å². The van der Waals surface area contributed by atoms with Crippen LogP contribution in [-0.2, 0) is 6.42 Å². The van der Waals surface area contributed by atoms with Gasteiger partial charge in [-0.3, -0.25) is 0 Å². The monoisotopic (exact) mass is 244 g/mol. The predicted octanol–water partition coefficient (Wildman–Crippen LogP) is 2.19. The normalized spacial score (nSPS) is 17.4. The predicted molar refractivity (Wildman–Crippen MR) is 74.0 cm³/mol. The molecule has 1 aromatic heterocycles. The molecule has 1 aromatic carbocycles. The van der Waals surface area contributed by atoms with Crippen LogP contribution in [0.5, 0.6) is 0 Å². The molecule has 96 valence electrons. The number of aryl methyl sites for hydroxylation is 1. The summed E-state index contributed by atoms with van der Waals surface area (Å²) in [6.45, 7) is 7.79. The number of benzene rings is 1. The van der Waals surface area contributed by atoms with E-state index >= 15 is 0 Å². The Morgan fingerprint density at radius 1 is 1.22 bits per heavy atom. The smallest absolute Gasteiger partial charge is 0.134 e. The molecule has 1 fully saturated rings. The van der Waals surface area contributed by atoms with Gasteiger partial charge in [0.15, 0.2) is 0 Å². The highest BCUT2D eigenvalue weighted by molar-refractivity contribution is 5.81. The largest absolute Gasteiger partial charge is 0.461 e. The topological polar surface area (TPSA) is 28.4 Å². The van der Waals surface area contributed by atoms with Crippen LogP contribution < -0.4 is 5.32 Å². The highest BCUT2D eigenvalue weighted by Gasteiger charge is 2.13. The molecule has 2 aromatic rings. The van der Waals surface area contributed by atoms with Crippen LogP contribution in [0.1, 0.15) is 11.3 Å². The number of rotatable bonds is 3. The van der Waals surface area contributed by atoms with Crippen LogP contribution in [0.3, 0.4) is 0 Å². The minimum Gasteiger partial charge on any atom is -0.461 e. The minimum absolute atomic E-state index is 1.01. The zero-order valence-corrected chi connectivity index (χ0v) is 10.9. The Morgan fingerprint density at radius 2 is 2.00 bits per heavy atom. The molecule has 0 aliphatic carbocycles. The number of hydrogen-bond donors (Lipinski definition) is 1. The quantitative estimate of drug-likeness (QED) is 0.897. The zero-order valence-electron chi connectivity index (χ0n) is 10.9. The molecule has 2 heterocycles. The van der Waals surface area contributed by atoms with Crippen LogP contribution >= 0.6 is 0 Å². The van der Waals surface area contributed by atoms with Gasteiger partial charge in [0.05, 0.1) is 0 Å². The first kappa shape index (κ1) is 11.8. The summed E-state index contributed by atoms with van der Waals surface area (Å²) < 4.78 is 5.95. The zero-order chi connectivity index (χ0) is 12.4. The lowest BCUT2D eigenvalue weighted by Gasteiger charge is -2.26. The number of fused-ring (bicyclic) bond motifs is 1. The van der Waals surface area contributed by atoms with Crippen LogP contribution in [-0.4, -0.2) is 37.6 Å². The van der Waals surface area contributed by atoms with Crippen LogP contribution in [0.15, 0.2) is 28.7 Å². The molecule has 1 aliphatic heterocycles. The van der Waals surface area contributed by atoms with Crippen LogP contribution in [0.4, 0.5) is 0 Å². The summed E-state index contributed by atoms with van der Waals surface area (Å²) in [6.07, 6.45) is 1.01. The summed E-state index contributed by atoms with van der Waals surface area (Å²) in [5.74, 6) is 1.15. The van der Waals surface area contributed by atoms with E-state index in [1.54, 1.807) is 0 Å². The summed E-state index contributed by atoms with van der Waals surface area (Å²) in [5, 5.41) is 4.64. The second kappa shape index (κ2) is 5.12. The van der Waals surface area contributed by atoms with E-state index in [1.165, 1.54) is 10.9 Å². The van der Waals surface area contributed by atoms with Gasteiger partial charge in [0, 0.05) is 44.5 Å². The standard InChI is InChI=1S/C15H20N2O/c1-12-13-4-2-3-5-15(13)18-14(12)6-9-17-10-7-16-8-11-17/h2-5,16H,6-11H2,1H3. The Bertz CT molecular complexity index is 526. The van der Waals surface area contributed by atoms with E-state index in [-0.39, 0.29) is 0 Å². The molecular formula is C15H20N2O. The second-order valence-corrected chi connectivity index (χ2v) is 4.99. The van der Waals surface area contributed by atoms with E-state index < -0.39 is 0 Å². The first-order valence-corrected chi connectivity index (χ1v) is 6.74. The van der Waals surface area contributed by atoms with Crippen LogP contribution in [0.25, 0.3) is 11.0 Å². The first-order valence-electron chi connectivity index (χ1n) is 6.74. The maximum atomic E-state index is 5.95. The molecule has 1 saturated heterocycles. The molecule has 3 rings (SSSR count). The summed E-state index contributed by atoms with van der Waals surface area (Å²) in [6, 6.07) is 8.30. The molecule has 0 amide bonds. The number of nitrogens with zero attached hydrogens (tertiary/aromatic N) is 1. The highest BCUT2D eigenvalue weighted by Crippen LogP contribution is 2.25. The molecule has 18 heavy (non-hydrogen) atoms. The fraction of sp³-hybridized carbons (Fsp3) is 0.467. The average Bonchev–Trinajstić information content (AvgIpc) is 2.75. The Hall–Kier alpha value is -1.32. The van der Waals surface area contributed by atoms with Crippen molar-refractivity contribution in [3.63, 3.8) is 0 Å². The second-order valence-electron chi connectivity index (χ2n) is 4.99. The van der Waals surface area contributed by atoms with Gasteiger partial charge >= 0.3 is 0 Å². The van der Waals surface area contributed by atoms with Crippen molar-refractivity contribution >= 4 is 11.0 Å². The molecule has 0 atom stereocenters. The summed E-state index contributed by atoms with van der Waals surface area (Å²) in [4.78, 5) is 2.50. The van der Waals surface area contributed by atoms with Crippen molar-refractivity contribution in [2.75, 3.05) is 32.7 Å². The van der Waals surface area contributed by atoms with E-state index in [9.17, 15) is 0 Å². The highest BCUT2D eigenvalue weighted by atomic mass is 16.3. The molecule has 1 aliphatic rings. The average molecular weight is 244 g/mol. The van der Waals surface area contributed by atoms with Crippen molar-refractivity contribution in [2.45, 2.75) is 13.3 Å². The number of nitrogens with one attached hydrogen (secondary N) is 1. The molecule has 3 nitrogen and oxygen atoms in total. The van der Waals surface area contributed by atoms with E-state index in [1.807, 2.05) is 6.07 Å². The van der Waals surface area contributed by atoms with E-state index in [2.05, 4.69) is 35.3 Å². The van der Waals surface area contributed by atoms with Crippen molar-refractivity contribution in [1.29, 1.82) is 0 Å². The Balaban J connectivity index is 1.72. The van der Waals surface area contributed by atoms with Gasteiger partial charge in [-0.2, -0.15) is 0 Å². The molecule has 0 saturated carbocycles. The van der Waals surface area contributed by atoms with Gasteiger partial charge in [-0.1, -0.05) is 18.2 Å². The summed E-state index contributed by atoms with van der Waals surface area (Å²) in [5.41, 5.74) is 2.33. The van der Waals surface area contributed by atoms with Gasteiger partial charge in [0.25, 0.3) is 0 Å². The van der Waals surface area contributed by atoms with Crippen molar-refractivity contribution in [1.82, 2.24) is 10.2 Å². The SMILES string of the molecule is Cc1c(CCN2CCNCC2)oc2ccccc12. The lowest BCUT2D eigenvalue weighted by Crippen LogP contribution is -2.44. The number of piperazine rings is 1. The summed E-state index contributed by atoms with van der Waals surface area (Å²) in [7, 11) is 0. The maximum Gasteiger partial charge on any atom is 0.134 e.